The van der Waals surface area contributed by atoms with Gasteiger partial charge in [0.2, 0.25) is 0 Å². The van der Waals surface area contributed by atoms with Crippen LogP contribution in [0, 0.1) is 5.92 Å². The van der Waals surface area contributed by atoms with Crippen molar-refractivity contribution < 1.29 is 4.79 Å². The Hall–Kier alpha value is -2.71. The van der Waals surface area contributed by atoms with E-state index in [1.165, 1.54) is 0 Å². The molecule has 4 rings (SSSR count). The third kappa shape index (κ3) is 3.65. The molecule has 0 saturated heterocycles. The molecule has 1 aliphatic rings. The lowest BCUT2D eigenvalue weighted by Crippen LogP contribution is -2.34. The molecule has 8 nitrogen and oxygen atoms in total. The number of benzene rings is 1. The second kappa shape index (κ2) is 7.73. The Balaban J connectivity index is 1.67. The Labute approximate surface area is 167 Å². The number of nitrogens with two attached hydrogens (primary N) is 2. The lowest BCUT2D eigenvalue weighted by atomic mass is 9.83. The first-order chi connectivity index (χ1) is 13.5. The molecule has 0 radical (unpaired) electrons. The maximum atomic E-state index is 11.8. The first kappa shape index (κ1) is 18.6. The summed E-state index contributed by atoms with van der Waals surface area (Å²) in [6, 6.07) is 5.77. The fourth-order valence-electron chi connectivity index (χ4n) is 3.78. The maximum absolute atomic E-state index is 11.8. The van der Waals surface area contributed by atoms with Crippen LogP contribution >= 0.6 is 11.6 Å². The van der Waals surface area contributed by atoms with E-state index in [1.54, 1.807) is 6.20 Å². The standard InChI is InChI=1S/C19H22ClN7O/c20-12-9-23-16-11(12)5-3-7-14(16)24-19-17(18(22)28)27-26-15(25-19)8-10-4-1-2-6-13(10)21/h3,5,7,9-10,13,23H,1-2,4,6,8,21H2,(H2,22,28)(H,24,25,26)/t10-,13-/m0/s1. The Kier molecular flexibility index (Phi) is 5.15. The Morgan fingerprint density at radius 3 is 2.89 bits per heavy atom. The summed E-state index contributed by atoms with van der Waals surface area (Å²) >= 11 is 6.19. The molecule has 0 bridgehead atoms. The number of para-hydroxylation sites is 1. The van der Waals surface area contributed by atoms with Gasteiger partial charge >= 0.3 is 0 Å². The van der Waals surface area contributed by atoms with E-state index in [-0.39, 0.29) is 17.6 Å². The zero-order valence-corrected chi connectivity index (χ0v) is 16.0. The molecule has 3 aromatic rings. The summed E-state index contributed by atoms with van der Waals surface area (Å²) < 4.78 is 0. The predicted octanol–water partition coefficient (Wildman–Crippen LogP) is 2.91. The predicted molar refractivity (Wildman–Crippen MR) is 109 cm³/mol. The largest absolute Gasteiger partial charge is 0.364 e. The van der Waals surface area contributed by atoms with Crippen LogP contribution in [0.25, 0.3) is 10.9 Å². The highest BCUT2D eigenvalue weighted by Gasteiger charge is 2.24. The van der Waals surface area contributed by atoms with Crippen molar-refractivity contribution in [3.8, 4) is 0 Å². The molecule has 2 atom stereocenters. The molecule has 1 aromatic carbocycles. The summed E-state index contributed by atoms with van der Waals surface area (Å²) in [6.07, 6.45) is 6.71. The summed E-state index contributed by atoms with van der Waals surface area (Å²) in [5.41, 5.74) is 13.2. The summed E-state index contributed by atoms with van der Waals surface area (Å²) in [5, 5.41) is 12.8. The normalized spacial score (nSPS) is 19.6. The van der Waals surface area contributed by atoms with Crippen molar-refractivity contribution in [1.29, 1.82) is 0 Å². The zero-order valence-electron chi connectivity index (χ0n) is 15.3. The number of primary amides is 1. The van der Waals surface area contributed by atoms with E-state index >= 15 is 0 Å². The van der Waals surface area contributed by atoms with Crippen LogP contribution in [0.4, 0.5) is 11.5 Å². The van der Waals surface area contributed by atoms with E-state index in [4.69, 9.17) is 23.1 Å². The van der Waals surface area contributed by atoms with Gasteiger partial charge in [0.05, 0.1) is 16.2 Å². The van der Waals surface area contributed by atoms with Gasteiger partial charge in [-0.25, -0.2) is 4.98 Å². The number of hydrogen-bond donors (Lipinski definition) is 4. The second-order valence-corrected chi connectivity index (χ2v) is 7.60. The number of amides is 1. The summed E-state index contributed by atoms with van der Waals surface area (Å²) in [6.45, 7) is 0. The number of fused-ring (bicyclic) bond motifs is 1. The van der Waals surface area contributed by atoms with Crippen LogP contribution in [0.15, 0.2) is 24.4 Å². The molecule has 1 amide bonds. The summed E-state index contributed by atoms with van der Waals surface area (Å²) in [7, 11) is 0. The highest BCUT2D eigenvalue weighted by molar-refractivity contribution is 6.36. The number of halogens is 1. The molecule has 2 heterocycles. The first-order valence-electron chi connectivity index (χ1n) is 9.34. The van der Waals surface area contributed by atoms with E-state index in [2.05, 4.69) is 25.5 Å². The molecule has 1 aliphatic carbocycles. The van der Waals surface area contributed by atoms with Gasteiger partial charge in [0.15, 0.2) is 17.3 Å². The van der Waals surface area contributed by atoms with Crippen molar-refractivity contribution in [2.24, 2.45) is 17.4 Å². The highest BCUT2D eigenvalue weighted by atomic mass is 35.5. The van der Waals surface area contributed by atoms with E-state index < -0.39 is 5.91 Å². The minimum absolute atomic E-state index is 0.00801. The van der Waals surface area contributed by atoms with Gasteiger partial charge in [0, 0.05) is 24.0 Å². The molecule has 1 saturated carbocycles. The van der Waals surface area contributed by atoms with Crippen LogP contribution in [0.3, 0.4) is 0 Å². The molecule has 9 heteroatoms. The monoisotopic (exact) mass is 399 g/mol. The third-order valence-corrected chi connectivity index (χ3v) is 5.61. The second-order valence-electron chi connectivity index (χ2n) is 7.19. The van der Waals surface area contributed by atoms with E-state index in [9.17, 15) is 4.79 Å². The minimum Gasteiger partial charge on any atom is -0.364 e. The van der Waals surface area contributed by atoms with Gasteiger partial charge in [0.1, 0.15) is 0 Å². The number of hydrogen-bond acceptors (Lipinski definition) is 6. The molecule has 6 N–H and O–H groups in total. The van der Waals surface area contributed by atoms with Crippen molar-refractivity contribution in [2.45, 2.75) is 38.1 Å². The van der Waals surface area contributed by atoms with Gasteiger partial charge in [-0.3, -0.25) is 4.79 Å². The van der Waals surface area contributed by atoms with Crippen molar-refractivity contribution in [1.82, 2.24) is 20.2 Å². The summed E-state index contributed by atoms with van der Waals surface area (Å²) in [4.78, 5) is 19.5. The molecule has 0 aliphatic heterocycles. The van der Waals surface area contributed by atoms with Crippen LogP contribution in [0.5, 0.6) is 0 Å². The quantitative estimate of drug-likeness (QED) is 0.520. The molecule has 2 aromatic heterocycles. The molecule has 28 heavy (non-hydrogen) atoms. The van der Waals surface area contributed by atoms with Crippen LogP contribution in [0.2, 0.25) is 5.02 Å². The topological polar surface area (TPSA) is 136 Å². The smallest absolute Gasteiger partial charge is 0.273 e. The Bertz CT molecular complexity index is 1020. The number of carbonyl (C=O) groups is 1. The highest BCUT2D eigenvalue weighted by Crippen LogP contribution is 2.31. The van der Waals surface area contributed by atoms with Gasteiger partial charge in [-0.2, -0.15) is 0 Å². The molecule has 1 fully saturated rings. The molecule has 146 valence electrons. The third-order valence-electron chi connectivity index (χ3n) is 5.29. The van der Waals surface area contributed by atoms with E-state index in [0.29, 0.717) is 28.9 Å². The lowest BCUT2D eigenvalue weighted by Gasteiger charge is -2.27. The van der Waals surface area contributed by atoms with Crippen LogP contribution in [-0.4, -0.2) is 32.1 Å². The number of nitrogens with zero attached hydrogens (tertiary/aromatic N) is 3. The number of rotatable bonds is 5. The molecular formula is C19H22ClN7O. The SMILES string of the molecule is NC(=O)c1nnc(C[C@@H]2CCCC[C@@H]2N)nc1Nc1cccc2c(Cl)c[nH]c12. The first-order valence-corrected chi connectivity index (χ1v) is 9.72. The van der Waals surface area contributed by atoms with Crippen molar-refractivity contribution >= 4 is 39.9 Å². The van der Waals surface area contributed by atoms with E-state index in [1.807, 2.05) is 18.2 Å². The molecular weight excluding hydrogens is 378 g/mol. The molecule has 0 spiro atoms. The number of aromatic nitrogens is 4. The fraction of sp³-hybridized carbons (Fsp3) is 0.368. The van der Waals surface area contributed by atoms with Gasteiger partial charge in [0.25, 0.3) is 5.91 Å². The number of anilines is 2. The number of carbonyl (C=O) groups excluding carboxylic acids is 1. The van der Waals surface area contributed by atoms with Crippen LogP contribution in [-0.2, 0) is 6.42 Å². The van der Waals surface area contributed by atoms with Gasteiger partial charge in [-0.05, 0) is 24.8 Å². The van der Waals surface area contributed by atoms with Gasteiger partial charge in [-0.1, -0.05) is 36.6 Å². The zero-order chi connectivity index (χ0) is 19.7. The maximum Gasteiger partial charge on any atom is 0.273 e. The number of H-pyrrole nitrogens is 1. The lowest BCUT2D eigenvalue weighted by molar-refractivity contribution is 0.0995. The van der Waals surface area contributed by atoms with Crippen molar-refractivity contribution in [2.75, 3.05) is 5.32 Å². The van der Waals surface area contributed by atoms with Gasteiger partial charge < -0.3 is 21.8 Å². The van der Waals surface area contributed by atoms with Crippen molar-refractivity contribution in [3.63, 3.8) is 0 Å². The van der Waals surface area contributed by atoms with Crippen molar-refractivity contribution in [3.05, 3.63) is 40.9 Å². The number of nitrogens with one attached hydrogen (secondary N) is 2. The number of aromatic amines is 1. The average Bonchev–Trinajstić information content (AvgIpc) is 3.06. The van der Waals surface area contributed by atoms with E-state index in [0.717, 1.165) is 36.6 Å². The van der Waals surface area contributed by atoms with Gasteiger partial charge in [-0.15, -0.1) is 10.2 Å². The Morgan fingerprint density at radius 2 is 2.11 bits per heavy atom. The fourth-order valence-corrected chi connectivity index (χ4v) is 3.99. The Morgan fingerprint density at radius 1 is 1.29 bits per heavy atom. The molecule has 0 unspecified atom stereocenters. The van der Waals surface area contributed by atoms with Crippen LogP contribution in [0.1, 0.15) is 42.0 Å². The average molecular weight is 400 g/mol. The van der Waals surface area contributed by atoms with Crippen LogP contribution < -0.4 is 16.8 Å². The minimum atomic E-state index is -0.694. The summed E-state index contributed by atoms with van der Waals surface area (Å²) in [5.74, 6) is 0.445.